The van der Waals surface area contributed by atoms with Crippen LogP contribution in [-0.4, -0.2) is 48.2 Å². The van der Waals surface area contributed by atoms with Gasteiger partial charge in [0.25, 0.3) is 0 Å². The summed E-state index contributed by atoms with van der Waals surface area (Å²) in [6, 6.07) is 0. The Labute approximate surface area is 99.0 Å². The van der Waals surface area contributed by atoms with Gasteiger partial charge in [0.1, 0.15) is 0 Å². The first-order chi connectivity index (χ1) is 7.60. The minimum Gasteiger partial charge on any atom is -0.393 e. The van der Waals surface area contributed by atoms with Crippen molar-refractivity contribution in [1.82, 2.24) is 10.2 Å². The van der Waals surface area contributed by atoms with Crippen molar-refractivity contribution in [3.8, 4) is 0 Å². The molecule has 1 unspecified atom stereocenters. The van der Waals surface area contributed by atoms with Gasteiger partial charge < -0.3 is 15.3 Å². The Morgan fingerprint density at radius 3 is 2.50 bits per heavy atom. The molecule has 0 spiro atoms. The standard InChI is InChI=1S/C12H26N2O2/c1-4-14(5-2)10-6-9-13-12(16)8-7-11(3)15/h11,15H,4-10H2,1-3H3,(H,13,16). The van der Waals surface area contributed by atoms with Crippen LogP contribution in [0.3, 0.4) is 0 Å². The van der Waals surface area contributed by atoms with Crippen molar-refractivity contribution in [2.45, 2.75) is 46.1 Å². The summed E-state index contributed by atoms with van der Waals surface area (Å²) >= 11 is 0. The molecule has 0 aromatic heterocycles. The highest BCUT2D eigenvalue weighted by atomic mass is 16.3. The summed E-state index contributed by atoms with van der Waals surface area (Å²) < 4.78 is 0. The minimum absolute atomic E-state index is 0.0421. The lowest BCUT2D eigenvalue weighted by Crippen LogP contribution is -2.30. The molecule has 0 saturated heterocycles. The number of carbonyl (C=O) groups is 1. The predicted molar refractivity (Wildman–Crippen MR) is 66.3 cm³/mol. The van der Waals surface area contributed by atoms with Gasteiger partial charge in [-0.3, -0.25) is 4.79 Å². The lowest BCUT2D eigenvalue weighted by molar-refractivity contribution is -0.121. The molecule has 0 aliphatic carbocycles. The van der Waals surface area contributed by atoms with E-state index in [2.05, 4.69) is 24.1 Å². The van der Waals surface area contributed by atoms with E-state index < -0.39 is 0 Å². The number of rotatable bonds is 9. The van der Waals surface area contributed by atoms with Crippen LogP contribution in [0, 0.1) is 0 Å². The molecular weight excluding hydrogens is 204 g/mol. The van der Waals surface area contributed by atoms with Gasteiger partial charge in [-0.25, -0.2) is 0 Å². The number of carbonyl (C=O) groups excluding carboxylic acids is 1. The molecular formula is C12H26N2O2. The highest BCUT2D eigenvalue weighted by Crippen LogP contribution is 1.95. The summed E-state index contributed by atoms with van der Waals surface area (Å²) in [4.78, 5) is 13.6. The van der Waals surface area contributed by atoms with Gasteiger partial charge in [0.05, 0.1) is 6.10 Å². The zero-order valence-electron chi connectivity index (χ0n) is 10.8. The van der Waals surface area contributed by atoms with E-state index in [1.165, 1.54) is 0 Å². The molecule has 1 amide bonds. The smallest absolute Gasteiger partial charge is 0.220 e. The lowest BCUT2D eigenvalue weighted by atomic mass is 10.2. The van der Waals surface area contributed by atoms with Gasteiger partial charge in [-0.15, -0.1) is 0 Å². The summed E-state index contributed by atoms with van der Waals surface area (Å²) in [6.45, 7) is 9.88. The molecule has 0 heterocycles. The molecule has 0 aromatic rings. The molecule has 4 nitrogen and oxygen atoms in total. The number of nitrogens with zero attached hydrogens (tertiary/aromatic N) is 1. The van der Waals surface area contributed by atoms with E-state index >= 15 is 0 Å². The van der Waals surface area contributed by atoms with Gasteiger partial charge in [-0.1, -0.05) is 13.8 Å². The monoisotopic (exact) mass is 230 g/mol. The third-order valence-electron chi connectivity index (χ3n) is 2.66. The second kappa shape index (κ2) is 9.60. The third kappa shape index (κ3) is 8.68. The van der Waals surface area contributed by atoms with Crippen molar-refractivity contribution in [1.29, 1.82) is 0 Å². The van der Waals surface area contributed by atoms with E-state index in [0.29, 0.717) is 12.8 Å². The van der Waals surface area contributed by atoms with E-state index in [-0.39, 0.29) is 12.0 Å². The zero-order chi connectivity index (χ0) is 12.4. The number of aliphatic hydroxyl groups is 1. The quantitative estimate of drug-likeness (QED) is 0.581. The summed E-state index contributed by atoms with van der Waals surface area (Å²) in [5.74, 6) is 0.0421. The molecule has 0 fully saturated rings. The van der Waals surface area contributed by atoms with Crippen LogP contribution >= 0.6 is 0 Å². The minimum atomic E-state index is -0.388. The predicted octanol–water partition coefficient (Wildman–Crippen LogP) is 0.995. The summed E-state index contributed by atoms with van der Waals surface area (Å²) in [5.41, 5.74) is 0. The maximum absolute atomic E-state index is 11.3. The number of nitrogens with one attached hydrogen (secondary N) is 1. The number of hydrogen-bond donors (Lipinski definition) is 2. The highest BCUT2D eigenvalue weighted by Gasteiger charge is 2.04. The van der Waals surface area contributed by atoms with Crippen LogP contribution < -0.4 is 5.32 Å². The van der Waals surface area contributed by atoms with Crippen molar-refractivity contribution < 1.29 is 9.90 Å². The largest absolute Gasteiger partial charge is 0.393 e. The molecule has 0 aliphatic rings. The topological polar surface area (TPSA) is 52.6 Å². The Kier molecular flexibility index (Phi) is 9.24. The number of amides is 1. The van der Waals surface area contributed by atoms with Crippen molar-refractivity contribution in [3.63, 3.8) is 0 Å². The van der Waals surface area contributed by atoms with Crippen LogP contribution in [0.5, 0.6) is 0 Å². The van der Waals surface area contributed by atoms with E-state index in [1.807, 2.05) is 0 Å². The normalized spacial score (nSPS) is 12.8. The average molecular weight is 230 g/mol. The molecule has 16 heavy (non-hydrogen) atoms. The first-order valence-corrected chi connectivity index (χ1v) is 6.27. The highest BCUT2D eigenvalue weighted by molar-refractivity contribution is 5.75. The van der Waals surface area contributed by atoms with Crippen LogP contribution in [0.1, 0.15) is 40.0 Å². The molecule has 0 rings (SSSR count). The van der Waals surface area contributed by atoms with Crippen LogP contribution in [0.2, 0.25) is 0 Å². The Balaban J connectivity index is 3.40. The van der Waals surface area contributed by atoms with Gasteiger partial charge in [0.15, 0.2) is 0 Å². The van der Waals surface area contributed by atoms with Crippen molar-refractivity contribution >= 4 is 5.91 Å². The summed E-state index contributed by atoms with van der Waals surface area (Å²) in [5, 5.41) is 11.9. The molecule has 0 radical (unpaired) electrons. The van der Waals surface area contributed by atoms with Crippen molar-refractivity contribution in [3.05, 3.63) is 0 Å². The van der Waals surface area contributed by atoms with E-state index in [9.17, 15) is 4.79 Å². The first kappa shape index (κ1) is 15.4. The van der Waals surface area contributed by atoms with Crippen LogP contribution in [0.4, 0.5) is 0 Å². The fourth-order valence-electron chi connectivity index (χ4n) is 1.50. The molecule has 2 N–H and O–H groups in total. The SMILES string of the molecule is CCN(CC)CCCNC(=O)CCC(C)O. The second-order valence-electron chi connectivity index (χ2n) is 4.12. The van der Waals surface area contributed by atoms with Gasteiger partial charge in [-0.05, 0) is 39.4 Å². The fourth-order valence-corrected chi connectivity index (χ4v) is 1.50. The molecule has 0 aliphatic heterocycles. The van der Waals surface area contributed by atoms with Crippen LogP contribution in [0.15, 0.2) is 0 Å². The summed E-state index contributed by atoms with van der Waals surface area (Å²) in [7, 11) is 0. The maximum Gasteiger partial charge on any atom is 0.220 e. The molecule has 4 heteroatoms. The maximum atomic E-state index is 11.3. The van der Waals surface area contributed by atoms with Gasteiger partial charge in [0.2, 0.25) is 5.91 Å². The Bertz CT molecular complexity index is 180. The van der Waals surface area contributed by atoms with Crippen molar-refractivity contribution in [2.24, 2.45) is 0 Å². The van der Waals surface area contributed by atoms with E-state index in [4.69, 9.17) is 5.11 Å². The van der Waals surface area contributed by atoms with Crippen molar-refractivity contribution in [2.75, 3.05) is 26.2 Å². The number of aliphatic hydroxyl groups excluding tert-OH is 1. The average Bonchev–Trinajstić information content (AvgIpc) is 2.26. The van der Waals surface area contributed by atoms with Crippen LogP contribution in [-0.2, 0) is 4.79 Å². The Morgan fingerprint density at radius 1 is 1.38 bits per heavy atom. The molecule has 96 valence electrons. The van der Waals surface area contributed by atoms with E-state index in [1.54, 1.807) is 6.92 Å². The first-order valence-electron chi connectivity index (χ1n) is 6.27. The summed E-state index contributed by atoms with van der Waals surface area (Å²) in [6.07, 6.45) is 1.56. The fraction of sp³-hybridized carbons (Fsp3) is 0.917. The van der Waals surface area contributed by atoms with Gasteiger partial charge in [0, 0.05) is 13.0 Å². The Morgan fingerprint density at radius 2 is 2.00 bits per heavy atom. The molecule has 0 saturated carbocycles. The molecule has 1 atom stereocenters. The van der Waals surface area contributed by atoms with E-state index in [0.717, 1.165) is 32.6 Å². The Hall–Kier alpha value is -0.610. The van der Waals surface area contributed by atoms with Gasteiger partial charge in [-0.2, -0.15) is 0 Å². The molecule has 0 aromatic carbocycles. The molecule has 0 bridgehead atoms. The zero-order valence-corrected chi connectivity index (χ0v) is 10.8. The number of hydrogen-bond acceptors (Lipinski definition) is 3. The lowest BCUT2D eigenvalue weighted by Gasteiger charge is -2.17. The van der Waals surface area contributed by atoms with Crippen LogP contribution in [0.25, 0.3) is 0 Å². The second-order valence-corrected chi connectivity index (χ2v) is 4.12. The third-order valence-corrected chi connectivity index (χ3v) is 2.66. The van der Waals surface area contributed by atoms with Gasteiger partial charge >= 0.3 is 0 Å².